The van der Waals surface area contributed by atoms with E-state index >= 15 is 0 Å². The second-order valence-electron chi connectivity index (χ2n) is 5.67. The van der Waals surface area contributed by atoms with Gasteiger partial charge in [0, 0.05) is 6.04 Å². The lowest BCUT2D eigenvalue weighted by atomic mass is 9.85. The van der Waals surface area contributed by atoms with Crippen LogP contribution in [0.5, 0.6) is 0 Å². The molecule has 0 aliphatic heterocycles. The molecule has 1 N–H and O–H groups in total. The van der Waals surface area contributed by atoms with Crippen LogP contribution in [0.4, 0.5) is 0 Å². The third-order valence-electron chi connectivity index (χ3n) is 4.00. The van der Waals surface area contributed by atoms with E-state index in [1.807, 2.05) is 18.7 Å². The van der Waals surface area contributed by atoms with Crippen LogP contribution in [-0.4, -0.2) is 37.2 Å². The molecule has 1 fully saturated rings. The van der Waals surface area contributed by atoms with E-state index in [9.17, 15) is 4.79 Å². The standard InChI is InChI=1S/C16H31NO2S/c1-3-19-16(18)14-9-8-10-15(13-14)17-11-6-4-5-7-12-20-2/h14-15,17H,3-13H2,1-2H3. The number of nitrogens with one attached hydrogen (secondary N) is 1. The van der Waals surface area contributed by atoms with Crippen LogP contribution in [0.3, 0.4) is 0 Å². The molecule has 0 saturated heterocycles. The number of carbonyl (C=O) groups excluding carboxylic acids is 1. The fourth-order valence-corrected chi connectivity index (χ4v) is 3.37. The molecule has 2 unspecified atom stereocenters. The van der Waals surface area contributed by atoms with E-state index in [2.05, 4.69) is 11.6 Å². The normalized spacial score (nSPS) is 22.7. The van der Waals surface area contributed by atoms with Gasteiger partial charge >= 0.3 is 5.97 Å². The van der Waals surface area contributed by atoms with Crippen LogP contribution >= 0.6 is 11.8 Å². The van der Waals surface area contributed by atoms with Gasteiger partial charge in [0.25, 0.3) is 0 Å². The number of carbonyl (C=O) groups is 1. The fraction of sp³-hybridized carbons (Fsp3) is 0.938. The van der Waals surface area contributed by atoms with Gasteiger partial charge in [0.2, 0.25) is 0 Å². The van der Waals surface area contributed by atoms with Crippen LogP contribution in [-0.2, 0) is 9.53 Å². The highest BCUT2D eigenvalue weighted by Crippen LogP contribution is 2.25. The maximum absolute atomic E-state index is 11.8. The highest BCUT2D eigenvalue weighted by Gasteiger charge is 2.27. The van der Waals surface area contributed by atoms with E-state index < -0.39 is 0 Å². The summed E-state index contributed by atoms with van der Waals surface area (Å²) in [6.07, 6.45) is 11.8. The number of rotatable bonds is 10. The molecule has 118 valence electrons. The summed E-state index contributed by atoms with van der Waals surface area (Å²) in [4.78, 5) is 11.8. The molecule has 1 saturated carbocycles. The lowest BCUT2D eigenvalue weighted by Crippen LogP contribution is -2.37. The molecule has 0 aromatic carbocycles. The first kappa shape index (κ1) is 17.8. The summed E-state index contributed by atoms with van der Waals surface area (Å²) in [6, 6.07) is 0.518. The van der Waals surface area contributed by atoms with Crippen molar-refractivity contribution in [3.05, 3.63) is 0 Å². The van der Waals surface area contributed by atoms with Crippen molar-refractivity contribution in [2.45, 2.75) is 64.3 Å². The van der Waals surface area contributed by atoms with Crippen LogP contribution < -0.4 is 5.32 Å². The van der Waals surface area contributed by atoms with Gasteiger partial charge in [-0.05, 0) is 57.6 Å². The van der Waals surface area contributed by atoms with E-state index in [-0.39, 0.29) is 11.9 Å². The Balaban J connectivity index is 2.07. The highest BCUT2D eigenvalue weighted by molar-refractivity contribution is 7.98. The first-order valence-corrected chi connectivity index (χ1v) is 9.56. The molecule has 1 aliphatic carbocycles. The molecule has 1 rings (SSSR count). The van der Waals surface area contributed by atoms with Gasteiger partial charge in [-0.15, -0.1) is 0 Å². The average Bonchev–Trinajstić information content (AvgIpc) is 2.47. The van der Waals surface area contributed by atoms with Crippen molar-refractivity contribution in [1.82, 2.24) is 5.32 Å². The molecule has 20 heavy (non-hydrogen) atoms. The number of hydrogen-bond donors (Lipinski definition) is 1. The lowest BCUT2D eigenvalue weighted by Gasteiger charge is -2.28. The molecule has 2 atom stereocenters. The predicted octanol–water partition coefficient (Wildman–Crippen LogP) is 3.62. The summed E-state index contributed by atoms with van der Waals surface area (Å²) in [5.41, 5.74) is 0. The number of unbranched alkanes of at least 4 members (excludes halogenated alkanes) is 3. The van der Waals surface area contributed by atoms with Crippen molar-refractivity contribution < 1.29 is 9.53 Å². The fourth-order valence-electron chi connectivity index (χ4n) is 2.88. The molecule has 3 nitrogen and oxygen atoms in total. The summed E-state index contributed by atoms with van der Waals surface area (Å²) in [5.74, 6) is 1.43. The zero-order valence-electron chi connectivity index (χ0n) is 13.2. The maximum atomic E-state index is 11.8. The van der Waals surface area contributed by atoms with Crippen molar-refractivity contribution in [3.8, 4) is 0 Å². The van der Waals surface area contributed by atoms with E-state index in [4.69, 9.17) is 4.74 Å². The van der Waals surface area contributed by atoms with E-state index in [0.29, 0.717) is 12.6 Å². The van der Waals surface area contributed by atoms with Crippen molar-refractivity contribution in [1.29, 1.82) is 0 Å². The minimum atomic E-state index is 0.0102. The molecular weight excluding hydrogens is 270 g/mol. The topological polar surface area (TPSA) is 38.3 Å². The highest BCUT2D eigenvalue weighted by atomic mass is 32.2. The maximum Gasteiger partial charge on any atom is 0.308 e. The Hall–Kier alpha value is -0.220. The van der Waals surface area contributed by atoms with Crippen LogP contribution in [0, 0.1) is 5.92 Å². The van der Waals surface area contributed by atoms with Crippen molar-refractivity contribution in [3.63, 3.8) is 0 Å². The van der Waals surface area contributed by atoms with Crippen molar-refractivity contribution in [2.75, 3.05) is 25.2 Å². The Morgan fingerprint density at radius 3 is 2.80 bits per heavy atom. The summed E-state index contributed by atoms with van der Waals surface area (Å²) in [5, 5.41) is 3.63. The van der Waals surface area contributed by atoms with E-state index in [1.165, 1.54) is 37.9 Å². The van der Waals surface area contributed by atoms with Gasteiger partial charge in [-0.3, -0.25) is 4.79 Å². The molecule has 0 heterocycles. The Morgan fingerprint density at radius 2 is 2.05 bits per heavy atom. The summed E-state index contributed by atoms with van der Waals surface area (Å²) >= 11 is 1.94. The SMILES string of the molecule is CCOC(=O)C1CCCC(NCCCCCCSC)C1. The lowest BCUT2D eigenvalue weighted by molar-refractivity contribution is -0.149. The monoisotopic (exact) mass is 301 g/mol. The molecule has 0 amide bonds. The summed E-state index contributed by atoms with van der Waals surface area (Å²) in [6.45, 7) is 3.48. The minimum Gasteiger partial charge on any atom is -0.466 e. The molecule has 1 aliphatic rings. The van der Waals surface area contributed by atoms with Gasteiger partial charge in [-0.2, -0.15) is 11.8 Å². The van der Waals surface area contributed by atoms with Gasteiger partial charge < -0.3 is 10.1 Å². The smallest absolute Gasteiger partial charge is 0.308 e. The van der Waals surface area contributed by atoms with E-state index in [0.717, 1.165) is 25.8 Å². The average molecular weight is 301 g/mol. The van der Waals surface area contributed by atoms with Gasteiger partial charge in [0.1, 0.15) is 0 Å². The zero-order chi connectivity index (χ0) is 14.6. The minimum absolute atomic E-state index is 0.0102. The molecule has 0 aromatic heterocycles. The number of esters is 1. The molecule has 0 aromatic rings. The van der Waals surface area contributed by atoms with Crippen molar-refractivity contribution in [2.24, 2.45) is 5.92 Å². The second kappa shape index (κ2) is 11.4. The molecule has 0 spiro atoms. The first-order valence-electron chi connectivity index (χ1n) is 8.16. The van der Waals surface area contributed by atoms with Crippen LogP contribution in [0.2, 0.25) is 0 Å². The first-order chi connectivity index (χ1) is 9.77. The number of ether oxygens (including phenoxy) is 1. The third-order valence-corrected chi connectivity index (χ3v) is 4.70. The third kappa shape index (κ3) is 7.53. The molecule has 4 heteroatoms. The summed E-state index contributed by atoms with van der Waals surface area (Å²) in [7, 11) is 0. The number of hydrogen-bond acceptors (Lipinski definition) is 4. The number of thioether (sulfide) groups is 1. The second-order valence-corrected chi connectivity index (χ2v) is 6.66. The van der Waals surface area contributed by atoms with E-state index in [1.54, 1.807) is 0 Å². The van der Waals surface area contributed by atoms with Gasteiger partial charge in [-0.25, -0.2) is 0 Å². The Bertz CT molecular complexity index is 261. The predicted molar refractivity (Wildman–Crippen MR) is 87.2 cm³/mol. The van der Waals surface area contributed by atoms with Crippen LogP contribution in [0.15, 0.2) is 0 Å². The van der Waals surface area contributed by atoms with Gasteiger partial charge in [0.15, 0.2) is 0 Å². The van der Waals surface area contributed by atoms with Gasteiger partial charge in [0.05, 0.1) is 12.5 Å². The molecule has 0 radical (unpaired) electrons. The molecule has 0 bridgehead atoms. The largest absolute Gasteiger partial charge is 0.466 e. The Labute approximate surface area is 128 Å². The van der Waals surface area contributed by atoms with Crippen LogP contribution in [0.25, 0.3) is 0 Å². The molecular formula is C16H31NO2S. The van der Waals surface area contributed by atoms with Gasteiger partial charge in [-0.1, -0.05) is 19.3 Å². The quantitative estimate of drug-likeness (QED) is 0.494. The Kier molecular flexibility index (Phi) is 10.2. The summed E-state index contributed by atoms with van der Waals surface area (Å²) < 4.78 is 5.14. The van der Waals surface area contributed by atoms with Crippen molar-refractivity contribution >= 4 is 17.7 Å². The zero-order valence-corrected chi connectivity index (χ0v) is 14.0. The van der Waals surface area contributed by atoms with Crippen LogP contribution in [0.1, 0.15) is 58.3 Å². The Morgan fingerprint density at radius 1 is 1.25 bits per heavy atom.